The van der Waals surface area contributed by atoms with E-state index in [4.69, 9.17) is 9.98 Å². The normalized spacial score (nSPS) is 11.3. The predicted octanol–water partition coefficient (Wildman–Crippen LogP) is 18.6. The summed E-state index contributed by atoms with van der Waals surface area (Å²) < 4.78 is 0. The van der Waals surface area contributed by atoms with Crippen LogP contribution in [0.3, 0.4) is 0 Å². The van der Waals surface area contributed by atoms with Crippen LogP contribution in [0, 0.1) is 0 Å². The zero-order chi connectivity index (χ0) is 59.3. The van der Waals surface area contributed by atoms with Crippen LogP contribution < -0.4 is 10.2 Å². The monoisotopic (exact) mass is 1170 g/mol. The van der Waals surface area contributed by atoms with Gasteiger partial charge in [0.1, 0.15) is 0 Å². The van der Waals surface area contributed by atoms with E-state index in [0.717, 1.165) is 62.7 Å². The molecule has 0 aliphatic rings. The quantitative estimate of drug-likeness (QED) is 0.0146. The number of carbonyl (C=O) groups is 2. The number of phenolic OH excluding ortho intramolecular Hbond substituents is 2. The molecule has 0 radical (unpaired) electrons. The number of aliphatic imine (C=N–C) groups is 2. The van der Waals surface area contributed by atoms with E-state index in [9.17, 15) is 40.2 Å². The van der Waals surface area contributed by atoms with Crippen LogP contribution >= 0.6 is 0 Å². The number of carboxylic acids is 2. The van der Waals surface area contributed by atoms with Crippen LogP contribution in [0.15, 0.2) is 82.8 Å². The van der Waals surface area contributed by atoms with Crippen LogP contribution in [0.5, 0.6) is 23.0 Å². The molecule has 10 nitrogen and oxygen atoms in total. The maximum Gasteiger partial charge on any atom is 2.00 e. The average molecular weight is 1180 g/mol. The Hall–Kier alpha value is -5.15. The molecule has 0 aliphatic heterocycles. The second kappa shape index (κ2) is 48.3. The fraction of sp³-hybridized carbons (Fsp3) is 0.606. The Morgan fingerprint density at radius 3 is 0.915 bits per heavy atom. The topological polar surface area (TPSA) is 186 Å². The second-order valence-corrected chi connectivity index (χ2v) is 22.3. The zero-order valence-electron chi connectivity index (χ0n) is 51.7. The number of aromatic carboxylic acids is 2. The van der Waals surface area contributed by atoms with E-state index in [1.54, 1.807) is 0 Å². The van der Waals surface area contributed by atoms with Crippen LogP contribution in [-0.2, 0) is 42.2 Å². The number of benzene rings is 4. The first-order valence-corrected chi connectivity index (χ1v) is 32.2. The molecular formula is C71H108N2NiO8. The Kier molecular flexibility index (Phi) is 44.1. The smallest absolute Gasteiger partial charge is 0.545 e. The first-order valence-electron chi connectivity index (χ1n) is 32.2. The molecule has 460 valence electrons. The minimum Gasteiger partial charge on any atom is -0.545 e. The molecule has 0 atom stereocenters. The molecule has 0 aliphatic carbocycles. The number of aryl methyl sites for hydroxylation is 4. The molecule has 0 unspecified atom stereocenters. The number of carbonyl (C=O) groups excluding carboxylic acids is 2. The summed E-state index contributed by atoms with van der Waals surface area (Å²) in [5.74, 6) is -4.99. The number of nitrogens with zero attached hydrogens (tertiary/aromatic N) is 2. The molecule has 4 aromatic carbocycles. The van der Waals surface area contributed by atoms with Crippen molar-refractivity contribution in [3.63, 3.8) is 0 Å². The van der Waals surface area contributed by atoms with Gasteiger partial charge in [-0.3, -0.25) is 9.98 Å². The standard InChI is InChI=1S/C47H78N2.2C12H16O4.Ni/c1-5-9-13-16-19-21-23-27-30-42-34-38-44(39-35-42)48-46(32-26-12-8-4)47(33-29-25-18-15-11-7-3)49-45-40-36-43(37-41-45)31-28-24-22-20-17-14-10-6-2;2*1-2-3-4-5-8-6-7-9(13)11(14)10(8)12(15)16;/h34-41H,5-33H2,1-4H3;2*6-7,13-14H,2-5H2,1H3,(H,15,16);/q;;;+2/p-2. The summed E-state index contributed by atoms with van der Waals surface area (Å²) >= 11 is 0. The summed E-state index contributed by atoms with van der Waals surface area (Å²) in [5.41, 5.74) is 7.91. The van der Waals surface area contributed by atoms with Crippen molar-refractivity contribution in [2.24, 2.45) is 9.98 Å². The van der Waals surface area contributed by atoms with Gasteiger partial charge in [-0.1, -0.05) is 238 Å². The Morgan fingerprint density at radius 2 is 0.598 bits per heavy atom. The van der Waals surface area contributed by atoms with Gasteiger partial charge in [0, 0.05) is 11.1 Å². The van der Waals surface area contributed by atoms with Crippen molar-refractivity contribution in [3.05, 3.63) is 106 Å². The number of phenols is 4. The van der Waals surface area contributed by atoms with E-state index >= 15 is 0 Å². The number of hydrogen-bond acceptors (Lipinski definition) is 10. The Morgan fingerprint density at radius 1 is 0.341 bits per heavy atom. The van der Waals surface area contributed by atoms with E-state index in [1.165, 1.54) is 220 Å². The third-order valence-electron chi connectivity index (χ3n) is 15.1. The minimum absolute atomic E-state index is 0. The molecule has 4 rings (SSSR count). The van der Waals surface area contributed by atoms with Gasteiger partial charge in [0.05, 0.1) is 34.7 Å². The molecule has 0 amide bonds. The van der Waals surface area contributed by atoms with Gasteiger partial charge >= 0.3 is 16.5 Å². The van der Waals surface area contributed by atoms with Gasteiger partial charge < -0.3 is 40.2 Å². The third-order valence-corrected chi connectivity index (χ3v) is 15.1. The minimum atomic E-state index is -1.46. The summed E-state index contributed by atoms with van der Waals surface area (Å²) in [7, 11) is 0. The summed E-state index contributed by atoms with van der Waals surface area (Å²) in [6, 6.07) is 23.9. The van der Waals surface area contributed by atoms with Gasteiger partial charge in [-0.05, 0) is 136 Å². The number of hydrogen-bond donors (Lipinski definition) is 4. The second-order valence-electron chi connectivity index (χ2n) is 22.3. The fourth-order valence-corrected chi connectivity index (χ4v) is 10.1. The van der Waals surface area contributed by atoms with Crippen molar-refractivity contribution in [3.8, 4) is 23.0 Å². The predicted molar refractivity (Wildman–Crippen MR) is 336 cm³/mol. The van der Waals surface area contributed by atoms with Gasteiger partial charge in [-0.2, -0.15) is 0 Å². The van der Waals surface area contributed by atoms with Crippen molar-refractivity contribution in [2.75, 3.05) is 0 Å². The van der Waals surface area contributed by atoms with Gasteiger partial charge in [-0.25, -0.2) is 0 Å². The number of aromatic hydroxyl groups is 4. The van der Waals surface area contributed by atoms with Gasteiger partial charge in [0.2, 0.25) is 0 Å². The van der Waals surface area contributed by atoms with Crippen molar-refractivity contribution >= 4 is 34.7 Å². The molecule has 82 heavy (non-hydrogen) atoms. The maximum atomic E-state index is 10.8. The number of carboxylic acid groups (broad SMARTS) is 2. The zero-order valence-corrected chi connectivity index (χ0v) is 52.7. The Labute approximate surface area is 507 Å². The number of unbranched alkanes of at least 4 members (excludes halogenated alkanes) is 25. The molecule has 11 heteroatoms. The van der Waals surface area contributed by atoms with Crippen molar-refractivity contribution in [2.45, 2.75) is 279 Å². The SMILES string of the molecule is CCCCCCCCCCc1ccc(N=C(CCCCC)C(CCCCCCCC)=Nc2ccc(CCCCCCCCCC)cc2)cc1.CCCCCc1ccc(O)c(O)c1C(=O)[O-].CCCCCc1ccc(O)c(O)c1C(=O)[O-].[Ni+2]. The van der Waals surface area contributed by atoms with Crippen LogP contribution in [0.25, 0.3) is 0 Å². The Balaban J connectivity index is 0.000000820. The first-order chi connectivity index (χ1) is 39.3. The largest absolute Gasteiger partial charge is 2.00 e. The van der Waals surface area contributed by atoms with Crippen molar-refractivity contribution in [1.29, 1.82) is 0 Å². The molecule has 0 heterocycles. The van der Waals surface area contributed by atoms with E-state index in [1.807, 2.05) is 13.8 Å². The van der Waals surface area contributed by atoms with E-state index in [-0.39, 0.29) is 27.6 Å². The van der Waals surface area contributed by atoms with Crippen LogP contribution in [0.1, 0.15) is 296 Å². The molecule has 0 aromatic heterocycles. The third kappa shape index (κ3) is 32.6. The average Bonchev–Trinajstić information content (AvgIpc) is 3.59. The van der Waals surface area contributed by atoms with Crippen molar-refractivity contribution in [1.82, 2.24) is 0 Å². The van der Waals surface area contributed by atoms with E-state index in [0.29, 0.717) is 24.0 Å². The molecule has 0 spiro atoms. The fourth-order valence-electron chi connectivity index (χ4n) is 10.1. The van der Waals surface area contributed by atoms with Gasteiger partial charge in [0.15, 0.2) is 23.0 Å². The van der Waals surface area contributed by atoms with E-state index in [2.05, 4.69) is 76.2 Å². The van der Waals surface area contributed by atoms with Crippen LogP contribution in [0.4, 0.5) is 11.4 Å². The summed E-state index contributed by atoms with van der Waals surface area (Å²) in [5, 5.41) is 59.0. The van der Waals surface area contributed by atoms with Crippen molar-refractivity contribution < 1.29 is 56.7 Å². The summed E-state index contributed by atoms with van der Waals surface area (Å²) in [4.78, 5) is 32.4. The molecule has 0 saturated carbocycles. The van der Waals surface area contributed by atoms with Crippen LogP contribution in [-0.4, -0.2) is 43.8 Å². The molecular weight excluding hydrogens is 1070 g/mol. The molecule has 4 aromatic rings. The summed E-state index contributed by atoms with van der Waals surface area (Å²) in [6.45, 7) is 13.3. The van der Waals surface area contributed by atoms with Crippen LogP contribution in [0.2, 0.25) is 0 Å². The molecule has 0 saturated heterocycles. The van der Waals surface area contributed by atoms with Gasteiger partial charge in [0.25, 0.3) is 0 Å². The molecule has 0 fully saturated rings. The molecule has 0 bridgehead atoms. The first kappa shape index (κ1) is 74.9. The maximum absolute atomic E-state index is 10.8. The molecule has 4 N–H and O–H groups in total. The number of rotatable bonds is 42. The van der Waals surface area contributed by atoms with E-state index < -0.39 is 34.9 Å². The summed E-state index contributed by atoms with van der Waals surface area (Å²) in [6.07, 6.45) is 44.7. The Bertz CT molecular complexity index is 2270. The van der Waals surface area contributed by atoms with Gasteiger partial charge in [-0.15, -0.1) is 0 Å².